The van der Waals surface area contributed by atoms with E-state index in [9.17, 15) is 4.79 Å². The Morgan fingerprint density at radius 2 is 2.38 bits per heavy atom. The van der Waals surface area contributed by atoms with Crippen LogP contribution in [0.4, 0.5) is 0 Å². The van der Waals surface area contributed by atoms with Gasteiger partial charge in [0.1, 0.15) is 5.03 Å². The molecule has 0 aliphatic heterocycles. The van der Waals surface area contributed by atoms with Crippen LogP contribution in [0.2, 0.25) is 0 Å². The summed E-state index contributed by atoms with van der Waals surface area (Å²) in [6, 6.07) is 3.82. The van der Waals surface area contributed by atoms with Crippen LogP contribution < -0.4 is 5.32 Å². The summed E-state index contributed by atoms with van der Waals surface area (Å²) in [5.41, 5.74) is 0.665. The van der Waals surface area contributed by atoms with Crippen LogP contribution >= 0.6 is 11.8 Å². The van der Waals surface area contributed by atoms with Crippen LogP contribution in [0.25, 0.3) is 0 Å². The second-order valence-corrected chi connectivity index (χ2v) is 4.52. The molecule has 1 N–H and O–H groups in total. The Labute approximate surface area is 101 Å². The van der Waals surface area contributed by atoms with Gasteiger partial charge in [0.25, 0.3) is 5.91 Å². The van der Waals surface area contributed by atoms with E-state index in [0.29, 0.717) is 5.56 Å². The number of rotatable bonds is 5. The summed E-state index contributed by atoms with van der Waals surface area (Å²) in [4.78, 5) is 16.1. The molecule has 88 valence electrons. The van der Waals surface area contributed by atoms with Crippen molar-refractivity contribution in [2.24, 2.45) is 0 Å². The number of hydrogen-bond donors (Lipinski definition) is 1. The Balaban J connectivity index is 2.72. The SMILES string of the molecule is CCC[C@H](C)NC(=O)c1cccnc1SC. The highest BCUT2D eigenvalue weighted by atomic mass is 32.2. The minimum Gasteiger partial charge on any atom is -0.350 e. The number of carbonyl (C=O) groups is 1. The predicted octanol–water partition coefficient (Wildman–Crippen LogP) is 2.72. The third-order valence-electron chi connectivity index (χ3n) is 2.31. The molecular weight excluding hydrogens is 220 g/mol. The van der Waals surface area contributed by atoms with Crippen molar-refractivity contribution in [1.29, 1.82) is 0 Å². The Bertz CT molecular complexity index is 355. The highest BCUT2D eigenvalue weighted by molar-refractivity contribution is 7.98. The highest BCUT2D eigenvalue weighted by Crippen LogP contribution is 2.16. The second-order valence-electron chi connectivity index (χ2n) is 3.72. The van der Waals surface area contributed by atoms with E-state index in [1.54, 1.807) is 12.3 Å². The lowest BCUT2D eigenvalue weighted by molar-refractivity contribution is 0.0934. The van der Waals surface area contributed by atoms with Gasteiger partial charge < -0.3 is 5.32 Å². The Kier molecular flexibility index (Phi) is 5.32. The standard InChI is InChI=1S/C12H18N2OS/c1-4-6-9(2)14-11(15)10-7-5-8-13-12(10)16-3/h5,7-9H,4,6H2,1-3H3,(H,14,15)/t9-/m0/s1. The molecule has 0 aliphatic carbocycles. The lowest BCUT2D eigenvalue weighted by atomic mass is 10.2. The van der Waals surface area contributed by atoms with Crippen LogP contribution in [0.5, 0.6) is 0 Å². The van der Waals surface area contributed by atoms with Crippen LogP contribution in [0.1, 0.15) is 37.0 Å². The van der Waals surface area contributed by atoms with Gasteiger partial charge in [0.2, 0.25) is 0 Å². The van der Waals surface area contributed by atoms with Crippen LogP contribution in [0, 0.1) is 0 Å². The maximum absolute atomic E-state index is 11.9. The molecule has 0 aliphatic rings. The first kappa shape index (κ1) is 13.0. The minimum atomic E-state index is -0.0293. The number of carbonyl (C=O) groups excluding carboxylic acids is 1. The van der Waals surface area contributed by atoms with Gasteiger partial charge in [0.15, 0.2) is 0 Å². The van der Waals surface area contributed by atoms with Gasteiger partial charge in [-0.25, -0.2) is 4.98 Å². The summed E-state index contributed by atoms with van der Waals surface area (Å²) in [5.74, 6) is -0.0293. The molecule has 0 unspecified atom stereocenters. The largest absolute Gasteiger partial charge is 0.350 e. The molecule has 0 radical (unpaired) electrons. The number of nitrogens with zero attached hydrogens (tertiary/aromatic N) is 1. The summed E-state index contributed by atoms with van der Waals surface area (Å²) < 4.78 is 0. The molecule has 1 atom stereocenters. The van der Waals surface area contributed by atoms with E-state index >= 15 is 0 Å². The molecule has 16 heavy (non-hydrogen) atoms. The zero-order valence-electron chi connectivity index (χ0n) is 9.99. The van der Waals surface area contributed by atoms with Crippen molar-refractivity contribution in [2.75, 3.05) is 6.26 Å². The topological polar surface area (TPSA) is 42.0 Å². The quantitative estimate of drug-likeness (QED) is 0.802. The molecule has 0 saturated carbocycles. The van der Waals surface area contributed by atoms with E-state index in [1.165, 1.54) is 11.8 Å². The van der Waals surface area contributed by atoms with Crippen LogP contribution in [-0.2, 0) is 0 Å². The summed E-state index contributed by atoms with van der Waals surface area (Å²) in [5, 5.41) is 3.76. The van der Waals surface area contributed by atoms with Gasteiger partial charge >= 0.3 is 0 Å². The fourth-order valence-electron chi connectivity index (χ4n) is 1.53. The Hall–Kier alpha value is -1.03. The lowest BCUT2D eigenvalue weighted by Crippen LogP contribution is -2.32. The molecule has 0 saturated heterocycles. The van der Waals surface area contributed by atoms with Crippen molar-refractivity contribution in [3.8, 4) is 0 Å². The summed E-state index contributed by atoms with van der Waals surface area (Å²) in [7, 11) is 0. The molecule has 4 heteroatoms. The maximum Gasteiger partial charge on any atom is 0.254 e. The van der Waals surface area contributed by atoms with Crippen LogP contribution in [0.3, 0.4) is 0 Å². The molecule has 3 nitrogen and oxygen atoms in total. The van der Waals surface area contributed by atoms with E-state index in [2.05, 4.69) is 17.2 Å². The third kappa shape index (κ3) is 3.52. The van der Waals surface area contributed by atoms with Gasteiger partial charge in [-0.2, -0.15) is 0 Å². The molecule has 0 bridgehead atoms. The van der Waals surface area contributed by atoms with E-state index in [1.807, 2.05) is 19.2 Å². The predicted molar refractivity (Wildman–Crippen MR) is 67.9 cm³/mol. The number of thioether (sulfide) groups is 1. The van der Waals surface area contributed by atoms with Gasteiger partial charge in [-0.1, -0.05) is 13.3 Å². The van der Waals surface area contributed by atoms with Gasteiger partial charge in [-0.05, 0) is 31.7 Å². The minimum absolute atomic E-state index is 0.0293. The average Bonchev–Trinajstić information content (AvgIpc) is 2.29. The van der Waals surface area contributed by atoms with Crippen LogP contribution in [0.15, 0.2) is 23.4 Å². The van der Waals surface area contributed by atoms with E-state index in [4.69, 9.17) is 0 Å². The van der Waals surface area contributed by atoms with E-state index in [0.717, 1.165) is 17.9 Å². The molecule has 1 aromatic heterocycles. The van der Waals surface area contributed by atoms with Crippen molar-refractivity contribution in [1.82, 2.24) is 10.3 Å². The smallest absolute Gasteiger partial charge is 0.254 e. The second kappa shape index (κ2) is 6.53. The van der Waals surface area contributed by atoms with Crippen molar-refractivity contribution >= 4 is 17.7 Å². The molecule has 1 heterocycles. The fraction of sp³-hybridized carbons (Fsp3) is 0.500. The molecule has 1 rings (SSSR count). The Morgan fingerprint density at radius 1 is 1.62 bits per heavy atom. The number of pyridine rings is 1. The van der Waals surface area contributed by atoms with Crippen molar-refractivity contribution in [3.63, 3.8) is 0 Å². The number of hydrogen-bond acceptors (Lipinski definition) is 3. The van der Waals surface area contributed by atoms with Gasteiger partial charge in [0.05, 0.1) is 5.56 Å². The summed E-state index contributed by atoms with van der Waals surface area (Å²) >= 11 is 1.49. The lowest BCUT2D eigenvalue weighted by Gasteiger charge is -2.13. The molecule has 0 spiro atoms. The first-order valence-corrected chi connectivity index (χ1v) is 6.71. The van der Waals surface area contributed by atoms with E-state index in [-0.39, 0.29) is 11.9 Å². The van der Waals surface area contributed by atoms with Crippen molar-refractivity contribution in [3.05, 3.63) is 23.9 Å². The third-order valence-corrected chi connectivity index (χ3v) is 3.02. The average molecular weight is 238 g/mol. The summed E-state index contributed by atoms with van der Waals surface area (Å²) in [6.45, 7) is 4.14. The zero-order valence-corrected chi connectivity index (χ0v) is 10.8. The zero-order chi connectivity index (χ0) is 12.0. The van der Waals surface area contributed by atoms with E-state index < -0.39 is 0 Å². The first-order valence-electron chi connectivity index (χ1n) is 5.49. The van der Waals surface area contributed by atoms with Gasteiger partial charge in [-0.15, -0.1) is 11.8 Å². The highest BCUT2D eigenvalue weighted by Gasteiger charge is 2.13. The summed E-state index contributed by atoms with van der Waals surface area (Å²) in [6.07, 6.45) is 5.71. The van der Waals surface area contributed by atoms with Crippen molar-refractivity contribution < 1.29 is 4.79 Å². The van der Waals surface area contributed by atoms with Crippen LogP contribution in [-0.4, -0.2) is 23.2 Å². The number of nitrogens with one attached hydrogen (secondary N) is 1. The monoisotopic (exact) mass is 238 g/mol. The molecule has 1 amide bonds. The molecular formula is C12H18N2OS. The molecule has 1 aromatic rings. The fourth-order valence-corrected chi connectivity index (χ4v) is 2.08. The Morgan fingerprint density at radius 3 is 3.00 bits per heavy atom. The van der Waals surface area contributed by atoms with Crippen molar-refractivity contribution in [2.45, 2.75) is 37.8 Å². The number of aromatic nitrogens is 1. The number of amides is 1. The first-order chi connectivity index (χ1) is 7.69. The molecule has 0 fully saturated rings. The molecule has 0 aromatic carbocycles. The maximum atomic E-state index is 11.9. The van der Waals surface area contributed by atoms with Gasteiger partial charge in [0, 0.05) is 12.2 Å². The van der Waals surface area contributed by atoms with Gasteiger partial charge in [-0.3, -0.25) is 4.79 Å². The normalized spacial score (nSPS) is 12.2.